The molecule has 0 radical (unpaired) electrons. The van der Waals surface area contributed by atoms with Crippen molar-refractivity contribution in [3.63, 3.8) is 0 Å². The van der Waals surface area contributed by atoms with Crippen LogP contribution in [0.15, 0.2) is 17.2 Å². The number of methoxy groups -OCH3 is 1. The van der Waals surface area contributed by atoms with Crippen LogP contribution in [0.3, 0.4) is 0 Å². The SMILES string of the molecule is COCCn1cc(S(N)(=O)=O)cc1C(=O)NC1CCOC1. The van der Waals surface area contributed by atoms with Crippen LogP contribution in [-0.4, -0.2) is 51.9 Å². The van der Waals surface area contributed by atoms with E-state index in [2.05, 4.69) is 5.32 Å². The van der Waals surface area contributed by atoms with Gasteiger partial charge in [-0.05, 0) is 12.5 Å². The number of rotatable bonds is 6. The molecule has 1 saturated heterocycles. The molecule has 1 amide bonds. The zero-order valence-corrected chi connectivity index (χ0v) is 12.6. The van der Waals surface area contributed by atoms with Gasteiger partial charge < -0.3 is 19.4 Å². The topological polar surface area (TPSA) is 113 Å². The highest BCUT2D eigenvalue weighted by molar-refractivity contribution is 7.89. The third-order valence-corrected chi connectivity index (χ3v) is 4.11. The number of hydrogen-bond acceptors (Lipinski definition) is 5. The Morgan fingerprint density at radius 1 is 1.62 bits per heavy atom. The minimum atomic E-state index is -3.86. The summed E-state index contributed by atoms with van der Waals surface area (Å²) in [5.41, 5.74) is 0.239. The molecule has 1 aromatic heterocycles. The molecule has 21 heavy (non-hydrogen) atoms. The Morgan fingerprint density at radius 3 is 2.95 bits per heavy atom. The maximum absolute atomic E-state index is 12.3. The molecule has 2 heterocycles. The molecule has 2 rings (SSSR count). The highest BCUT2D eigenvalue weighted by atomic mass is 32.2. The average Bonchev–Trinajstić information content (AvgIpc) is 3.03. The number of nitrogens with two attached hydrogens (primary N) is 1. The average molecular weight is 317 g/mol. The first-order chi connectivity index (χ1) is 9.91. The quantitative estimate of drug-likeness (QED) is 0.720. The second-order valence-electron chi connectivity index (χ2n) is 4.83. The van der Waals surface area contributed by atoms with E-state index >= 15 is 0 Å². The fraction of sp³-hybridized carbons (Fsp3) is 0.583. The van der Waals surface area contributed by atoms with Crippen molar-refractivity contribution in [2.75, 3.05) is 26.9 Å². The minimum absolute atomic E-state index is 0.0544. The van der Waals surface area contributed by atoms with Crippen molar-refractivity contribution in [3.05, 3.63) is 18.0 Å². The zero-order chi connectivity index (χ0) is 15.5. The largest absolute Gasteiger partial charge is 0.383 e. The summed E-state index contributed by atoms with van der Waals surface area (Å²) in [7, 11) is -2.33. The number of nitrogens with one attached hydrogen (secondary N) is 1. The van der Waals surface area contributed by atoms with Gasteiger partial charge >= 0.3 is 0 Å². The van der Waals surface area contributed by atoms with Gasteiger partial charge in [0, 0.05) is 26.5 Å². The first kappa shape index (κ1) is 16.0. The highest BCUT2D eigenvalue weighted by Gasteiger charge is 2.23. The van der Waals surface area contributed by atoms with Gasteiger partial charge in [0.2, 0.25) is 10.0 Å². The van der Waals surface area contributed by atoms with Gasteiger partial charge in [-0.1, -0.05) is 0 Å². The molecule has 0 saturated carbocycles. The van der Waals surface area contributed by atoms with Crippen molar-refractivity contribution in [2.24, 2.45) is 5.14 Å². The first-order valence-corrected chi connectivity index (χ1v) is 8.07. The Labute approximate surface area is 123 Å². The van der Waals surface area contributed by atoms with E-state index in [-0.39, 0.29) is 22.5 Å². The fourth-order valence-electron chi connectivity index (χ4n) is 2.11. The summed E-state index contributed by atoms with van der Waals surface area (Å²) in [6.07, 6.45) is 2.08. The van der Waals surface area contributed by atoms with Gasteiger partial charge in [-0.15, -0.1) is 0 Å². The maximum atomic E-state index is 12.3. The summed E-state index contributed by atoms with van der Waals surface area (Å²) in [6.45, 7) is 1.78. The van der Waals surface area contributed by atoms with E-state index in [0.717, 1.165) is 6.42 Å². The van der Waals surface area contributed by atoms with E-state index in [0.29, 0.717) is 26.4 Å². The molecule has 1 unspecified atom stereocenters. The molecule has 0 aliphatic carbocycles. The van der Waals surface area contributed by atoms with Crippen LogP contribution in [0, 0.1) is 0 Å². The number of sulfonamides is 1. The lowest BCUT2D eigenvalue weighted by atomic mass is 10.2. The predicted octanol–water partition coefficient (Wildman–Crippen LogP) is -0.699. The summed E-state index contributed by atoms with van der Waals surface area (Å²) >= 11 is 0. The molecular formula is C12H19N3O5S. The summed E-state index contributed by atoms with van der Waals surface area (Å²) in [5, 5.41) is 7.92. The van der Waals surface area contributed by atoms with Gasteiger partial charge in [-0.3, -0.25) is 4.79 Å². The van der Waals surface area contributed by atoms with Crippen molar-refractivity contribution < 1.29 is 22.7 Å². The van der Waals surface area contributed by atoms with Gasteiger partial charge in [0.15, 0.2) is 0 Å². The number of hydrogen-bond donors (Lipinski definition) is 2. The Kier molecular flexibility index (Phi) is 4.99. The third kappa shape index (κ3) is 4.03. The molecule has 0 bridgehead atoms. The number of amides is 1. The second-order valence-corrected chi connectivity index (χ2v) is 6.39. The number of carbonyl (C=O) groups is 1. The molecule has 8 nitrogen and oxygen atoms in total. The minimum Gasteiger partial charge on any atom is -0.383 e. The Hall–Kier alpha value is -1.42. The molecule has 9 heteroatoms. The van der Waals surface area contributed by atoms with Crippen molar-refractivity contribution in [2.45, 2.75) is 23.9 Å². The molecule has 1 atom stereocenters. The standard InChI is InChI=1S/C12H19N3O5S/c1-19-5-3-15-7-10(21(13,17)18)6-11(15)12(16)14-9-2-4-20-8-9/h6-7,9H,2-5,8H2,1H3,(H,14,16)(H2,13,17,18). The Balaban J connectivity index is 2.22. The number of aromatic nitrogens is 1. The lowest BCUT2D eigenvalue weighted by molar-refractivity contribution is 0.0918. The van der Waals surface area contributed by atoms with Crippen molar-refractivity contribution in [1.82, 2.24) is 9.88 Å². The van der Waals surface area contributed by atoms with E-state index in [1.165, 1.54) is 23.9 Å². The Bertz CT molecular complexity index is 604. The zero-order valence-electron chi connectivity index (χ0n) is 11.7. The van der Waals surface area contributed by atoms with E-state index in [1.54, 1.807) is 0 Å². The lowest BCUT2D eigenvalue weighted by Crippen LogP contribution is -2.36. The van der Waals surface area contributed by atoms with Crippen LogP contribution in [0.25, 0.3) is 0 Å². The van der Waals surface area contributed by atoms with Crippen molar-refractivity contribution in [1.29, 1.82) is 0 Å². The Morgan fingerprint density at radius 2 is 2.38 bits per heavy atom. The van der Waals surface area contributed by atoms with E-state index < -0.39 is 10.0 Å². The second kappa shape index (κ2) is 6.56. The van der Waals surface area contributed by atoms with Crippen LogP contribution in [0.1, 0.15) is 16.9 Å². The monoisotopic (exact) mass is 317 g/mol. The molecule has 1 aliphatic heterocycles. The normalized spacial score (nSPS) is 18.9. The van der Waals surface area contributed by atoms with Crippen LogP contribution in [0.2, 0.25) is 0 Å². The number of primary sulfonamides is 1. The van der Waals surface area contributed by atoms with E-state index in [4.69, 9.17) is 14.6 Å². The summed E-state index contributed by atoms with van der Waals surface area (Å²) in [5.74, 6) is -0.350. The van der Waals surface area contributed by atoms with Gasteiger partial charge in [0.05, 0.1) is 19.3 Å². The maximum Gasteiger partial charge on any atom is 0.268 e. The molecule has 1 fully saturated rings. The number of ether oxygens (including phenoxy) is 2. The predicted molar refractivity (Wildman–Crippen MR) is 74.4 cm³/mol. The van der Waals surface area contributed by atoms with Crippen molar-refractivity contribution in [3.8, 4) is 0 Å². The third-order valence-electron chi connectivity index (χ3n) is 3.23. The van der Waals surface area contributed by atoms with Gasteiger partial charge in [0.25, 0.3) is 5.91 Å². The first-order valence-electron chi connectivity index (χ1n) is 6.52. The van der Waals surface area contributed by atoms with Crippen molar-refractivity contribution >= 4 is 15.9 Å². The molecule has 118 valence electrons. The summed E-state index contributed by atoms with van der Waals surface area (Å²) < 4.78 is 34.5. The van der Waals surface area contributed by atoms with Crippen LogP contribution in [-0.2, 0) is 26.0 Å². The van der Waals surface area contributed by atoms with Gasteiger partial charge in [-0.2, -0.15) is 0 Å². The van der Waals surface area contributed by atoms with E-state index in [9.17, 15) is 13.2 Å². The molecule has 1 aliphatic rings. The fourth-order valence-corrected chi connectivity index (χ4v) is 2.66. The lowest BCUT2D eigenvalue weighted by Gasteiger charge is -2.12. The van der Waals surface area contributed by atoms with Gasteiger partial charge in [0.1, 0.15) is 10.6 Å². The van der Waals surface area contributed by atoms with Crippen LogP contribution >= 0.6 is 0 Å². The van der Waals surface area contributed by atoms with Crippen LogP contribution in [0.4, 0.5) is 0 Å². The molecule has 1 aromatic rings. The number of nitrogens with zero attached hydrogens (tertiary/aromatic N) is 1. The molecule has 3 N–H and O–H groups in total. The summed E-state index contributed by atoms with van der Waals surface area (Å²) in [6, 6.07) is 1.22. The molecular weight excluding hydrogens is 298 g/mol. The van der Waals surface area contributed by atoms with E-state index in [1.807, 2.05) is 0 Å². The van der Waals surface area contributed by atoms with Crippen LogP contribution < -0.4 is 10.5 Å². The number of carbonyl (C=O) groups excluding carboxylic acids is 1. The molecule has 0 spiro atoms. The van der Waals surface area contributed by atoms with Crippen LogP contribution in [0.5, 0.6) is 0 Å². The van der Waals surface area contributed by atoms with Gasteiger partial charge in [-0.25, -0.2) is 13.6 Å². The molecule has 0 aromatic carbocycles. The smallest absolute Gasteiger partial charge is 0.268 e. The highest BCUT2D eigenvalue weighted by Crippen LogP contribution is 2.14. The summed E-state index contributed by atoms with van der Waals surface area (Å²) in [4.78, 5) is 12.2.